The fourth-order valence-electron chi connectivity index (χ4n) is 1.87. The molecular formula is C12H14O. The Hall–Kier alpha value is -1.11. The maximum Gasteiger partial charge on any atom is 0.130 e. The third-order valence-corrected chi connectivity index (χ3v) is 2.81. The standard InChI is InChI=1S/C12H14O/c1-9-5-10(2)7-11(6-9)12(8-13)3-4-12/h5-8H,3-4H2,1-2H3. The van der Waals surface area contributed by atoms with Gasteiger partial charge >= 0.3 is 0 Å². The molecule has 0 spiro atoms. The zero-order valence-electron chi connectivity index (χ0n) is 8.13. The first-order chi connectivity index (χ1) is 6.16. The van der Waals surface area contributed by atoms with Crippen LogP contribution in [-0.4, -0.2) is 6.29 Å². The molecule has 1 nitrogen and oxygen atoms in total. The lowest BCUT2D eigenvalue weighted by molar-refractivity contribution is -0.109. The van der Waals surface area contributed by atoms with Gasteiger partial charge in [0.15, 0.2) is 0 Å². The molecule has 1 aliphatic carbocycles. The summed E-state index contributed by atoms with van der Waals surface area (Å²) in [6.07, 6.45) is 3.17. The van der Waals surface area contributed by atoms with Crippen molar-refractivity contribution in [3.05, 3.63) is 34.9 Å². The molecule has 0 N–H and O–H groups in total. The molecule has 0 bridgehead atoms. The Morgan fingerprint density at radius 1 is 1.15 bits per heavy atom. The van der Waals surface area contributed by atoms with Crippen LogP contribution in [0.5, 0.6) is 0 Å². The van der Waals surface area contributed by atoms with Crippen molar-refractivity contribution in [2.45, 2.75) is 32.1 Å². The summed E-state index contributed by atoms with van der Waals surface area (Å²) in [5, 5.41) is 0. The summed E-state index contributed by atoms with van der Waals surface area (Å²) >= 11 is 0. The van der Waals surface area contributed by atoms with E-state index in [9.17, 15) is 4.79 Å². The lowest BCUT2D eigenvalue weighted by Gasteiger charge is -2.09. The smallest absolute Gasteiger partial charge is 0.130 e. The van der Waals surface area contributed by atoms with Crippen LogP contribution in [0.2, 0.25) is 0 Å². The second kappa shape index (κ2) is 2.69. The van der Waals surface area contributed by atoms with E-state index in [-0.39, 0.29) is 5.41 Å². The first-order valence-corrected chi connectivity index (χ1v) is 4.71. The van der Waals surface area contributed by atoms with E-state index in [1.54, 1.807) is 0 Å². The Morgan fingerprint density at radius 3 is 2.08 bits per heavy atom. The monoisotopic (exact) mass is 174 g/mol. The summed E-state index contributed by atoms with van der Waals surface area (Å²) in [6, 6.07) is 6.41. The molecule has 0 heterocycles. The molecule has 0 aliphatic heterocycles. The van der Waals surface area contributed by atoms with Gasteiger partial charge in [0.25, 0.3) is 0 Å². The van der Waals surface area contributed by atoms with Crippen LogP contribution in [0.25, 0.3) is 0 Å². The largest absolute Gasteiger partial charge is 0.302 e. The Labute approximate surface area is 78.8 Å². The van der Waals surface area contributed by atoms with Gasteiger partial charge in [0.05, 0.1) is 5.41 Å². The summed E-state index contributed by atoms with van der Waals surface area (Å²) in [6.45, 7) is 4.16. The lowest BCUT2D eigenvalue weighted by atomic mass is 9.94. The predicted molar refractivity (Wildman–Crippen MR) is 52.9 cm³/mol. The topological polar surface area (TPSA) is 17.1 Å². The molecular weight excluding hydrogens is 160 g/mol. The van der Waals surface area contributed by atoms with Crippen molar-refractivity contribution in [3.8, 4) is 0 Å². The zero-order chi connectivity index (χ0) is 9.47. The Bertz CT molecular complexity index is 328. The van der Waals surface area contributed by atoms with Crippen LogP contribution in [0, 0.1) is 13.8 Å². The molecule has 68 valence electrons. The van der Waals surface area contributed by atoms with E-state index in [0.717, 1.165) is 19.1 Å². The van der Waals surface area contributed by atoms with Crippen LogP contribution in [0.15, 0.2) is 18.2 Å². The van der Waals surface area contributed by atoms with Gasteiger partial charge in [-0.25, -0.2) is 0 Å². The number of benzene rings is 1. The minimum atomic E-state index is -0.114. The normalized spacial score (nSPS) is 18.3. The Kier molecular flexibility index (Phi) is 1.76. The van der Waals surface area contributed by atoms with E-state index in [1.807, 2.05) is 0 Å². The highest BCUT2D eigenvalue weighted by molar-refractivity contribution is 5.73. The van der Waals surface area contributed by atoms with Gasteiger partial charge in [0.2, 0.25) is 0 Å². The van der Waals surface area contributed by atoms with Gasteiger partial charge in [0, 0.05) is 0 Å². The van der Waals surface area contributed by atoms with Crippen molar-refractivity contribution in [2.75, 3.05) is 0 Å². The van der Waals surface area contributed by atoms with Crippen LogP contribution >= 0.6 is 0 Å². The van der Waals surface area contributed by atoms with Crippen molar-refractivity contribution in [1.29, 1.82) is 0 Å². The van der Waals surface area contributed by atoms with E-state index in [2.05, 4.69) is 32.0 Å². The highest BCUT2D eigenvalue weighted by Gasteiger charge is 2.44. The third-order valence-electron chi connectivity index (χ3n) is 2.81. The quantitative estimate of drug-likeness (QED) is 0.630. The van der Waals surface area contributed by atoms with Gasteiger partial charge in [0.1, 0.15) is 6.29 Å². The summed E-state index contributed by atoms with van der Waals surface area (Å²) in [5.41, 5.74) is 3.60. The number of aldehydes is 1. The molecule has 0 radical (unpaired) electrons. The van der Waals surface area contributed by atoms with Crippen molar-refractivity contribution in [2.24, 2.45) is 0 Å². The second-order valence-corrected chi connectivity index (χ2v) is 4.15. The van der Waals surface area contributed by atoms with Gasteiger partial charge in [-0.15, -0.1) is 0 Å². The molecule has 0 saturated heterocycles. The van der Waals surface area contributed by atoms with E-state index in [0.29, 0.717) is 0 Å². The van der Waals surface area contributed by atoms with E-state index in [4.69, 9.17) is 0 Å². The summed E-state index contributed by atoms with van der Waals surface area (Å²) < 4.78 is 0. The van der Waals surface area contributed by atoms with Crippen LogP contribution < -0.4 is 0 Å². The maximum atomic E-state index is 10.9. The lowest BCUT2D eigenvalue weighted by Crippen LogP contribution is -2.08. The van der Waals surface area contributed by atoms with E-state index in [1.165, 1.54) is 16.7 Å². The van der Waals surface area contributed by atoms with Gasteiger partial charge in [-0.3, -0.25) is 0 Å². The predicted octanol–water partition coefficient (Wildman–Crippen LogP) is 2.53. The fourth-order valence-corrected chi connectivity index (χ4v) is 1.87. The molecule has 0 unspecified atom stereocenters. The number of rotatable bonds is 2. The Morgan fingerprint density at radius 2 is 1.69 bits per heavy atom. The van der Waals surface area contributed by atoms with Crippen LogP contribution in [-0.2, 0) is 10.2 Å². The minimum Gasteiger partial charge on any atom is -0.302 e. The van der Waals surface area contributed by atoms with E-state index < -0.39 is 0 Å². The number of carbonyl (C=O) groups is 1. The second-order valence-electron chi connectivity index (χ2n) is 4.15. The average molecular weight is 174 g/mol. The average Bonchev–Trinajstić information content (AvgIpc) is 2.82. The number of carbonyl (C=O) groups excluding carboxylic acids is 1. The molecule has 1 aliphatic rings. The first kappa shape index (κ1) is 8.49. The summed E-state index contributed by atoms with van der Waals surface area (Å²) in [5.74, 6) is 0. The van der Waals surface area contributed by atoms with Crippen LogP contribution in [0.4, 0.5) is 0 Å². The van der Waals surface area contributed by atoms with Gasteiger partial charge < -0.3 is 4.79 Å². The Balaban J connectivity index is 2.46. The molecule has 1 aromatic rings. The van der Waals surface area contributed by atoms with Crippen molar-refractivity contribution < 1.29 is 4.79 Å². The first-order valence-electron chi connectivity index (χ1n) is 4.71. The maximum absolute atomic E-state index is 10.9. The molecule has 13 heavy (non-hydrogen) atoms. The van der Waals surface area contributed by atoms with Gasteiger partial charge in [-0.2, -0.15) is 0 Å². The SMILES string of the molecule is Cc1cc(C)cc(C2(C=O)CC2)c1. The zero-order valence-corrected chi connectivity index (χ0v) is 8.13. The van der Waals surface area contributed by atoms with E-state index >= 15 is 0 Å². The summed E-state index contributed by atoms with van der Waals surface area (Å²) in [4.78, 5) is 10.9. The molecule has 1 aromatic carbocycles. The highest BCUT2D eigenvalue weighted by atomic mass is 16.1. The molecule has 1 heteroatoms. The number of hydrogen-bond donors (Lipinski definition) is 0. The number of hydrogen-bond acceptors (Lipinski definition) is 1. The summed E-state index contributed by atoms with van der Waals surface area (Å²) in [7, 11) is 0. The molecule has 1 saturated carbocycles. The van der Waals surface area contributed by atoms with Crippen LogP contribution in [0.1, 0.15) is 29.5 Å². The third kappa shape index (κ3) is 1.39. The van der Waals surface area contributed by atoms with Crippen molar-refractivity contribution >= 4 is 6.29 Å². The van der Waals surface area contributed by atoms with Crippen molar-refractivity contribution in [3.63, 3.8) is 0 Å². The minimum absolute atomic E-state index is 0.114. The van der Waals surface area contributed by atoms with Gasteiger partial charge in [-0.05, 0) is 32.3 Å². The fraction of sp³-hybridized carbons (Fsp3) is 0.417. The number of aryl methyl sites for hydroxylation is 2. The highest BCUT2D eigenvalue weighted by Crippen LogP contribution is 2.46. The van der Waals surface area contributed by atoms with Crippen molar-refractivity contribution in [1.82, 2.24) is 0 Å². The molecule has 1 fully saturated rings. The molecule has 0 amide bonds. The molecule has 0 aromatic heterocycles. The van der Waals surface area contributed by atoms with Gasteiger partial charge in [-0.1, -0.05) is 29.3 Å². The van der Waals surface area contributed by atoms with Crippen LogP contribution in [0.3, 0.4) is 0 Å². The molecule has 0 atom stereocenters. The molecule has 2 rings (SSSR count).